The van der Waals surface area contributed by atoms with Gasteiger partial charge < -0.3 is 4.90 Å². The van der Waals surface area contributed by atoms with Crippen LogP contribution in [0.2, 0.25) is 0 Å². The summed E-state index contributed by atoms with van der Waals surface area (Å²) in [7, 11) is 1.99. The van der Waals surface area contributed by atoms with Gasteiger partial charge in [0.05, 0.1) is 4.75 Å². The van der Waals surface area contributed by atoms with E-state index in [0.717, 1.165) is 12.8 Å². The molecule has 3 rings (SSSR count). The molecule has 1 unspecified atom stereocenters. The van der Waals surface area contributed by atoms with Gasteiger partial charge in [0.1, 0.15) is 5.50 Å². The topological polar surface area (TPSA) is 32.3 Å². The van der Waals surface area contributed by atoms with Crippen molar-refractivity contribution in [3.8, 4) is 0 Å². The standard InChI is InChI=1S/C16H28N2OS/c1-18-14(19)16(11-7-4-8-12-16)20-15(18)17-13-9-5-2-3-6-10-13/h13,15,17H,2-12H2,1H3. The monoisotopic (exact) mass is 296 g/mol. The number of nitrogens with one attached hydrogen (secondary N) is 1. The Kier molecular flexibility index (Phi) is 4.61. The summed E-state index contributed by atoms with van der Waals surface area (Å²) < 4.78 is -0.0879. The summed E-state index contributed by atoms with van der Waals surface area (Å²) >= 11 is 1.92. The van der Waals surface area contributed by atoms with Gasteiger partial charge in [-0.15, -0.1) is 11.8 Å². The number of nitrogens with zero attached hydrogens (tertiary/aromatic N) is 1. The third kappa shape index (κ3) is 2.87. The van der Waals surface area contributed by atoms with Gasteiger partial charge in [0, 0.05) is 13.1 Å². The highest BCUT2D eigenvalue weighted by Crippen LogP contribution is 2.48. The summed E-state index contributed by atoms with van der Waals surface area (Å²) in [5.41, 5.74) is 0.212. The molecule has 4 heteroatoms. The fourth-order valence-electron chi connectivity index (χ4n) is 4.02. The first kappa shape index (κ1) is 14.7. The van der Waals surface area contributed by atoms with Gasteiger partial charge >= 0.3 is 0 Å². The number of hydrogen-bond donors (Lipinski definition) is 1. The van der Waals surface area contributed by atoms with E-state index in [2.05, 4.69) is 5.32 Å². The van der Waals surface area contributed by atoms with Crippen molar-refractivity contribution >= 4 is 17.7 Å². The van der Waals surface area contributed by atoms with Crippen molar-refractivity contribution in [3.05, 3.63) is 0 Å². The van der Waals surface area contributed by atoms with Crippen molar-refractivity contribution in [2.45, 2.75) is 86.9 Å². The molecule has 0 aromatic carbocycles. The van der Waals surface area contributed by atoms with Gasteiger partial charge in [0.25, 0.3) is 0 Å². The lowest BCUT2D eigenvalue weighted by atomic mass is 9.87. The van der Waals surface area contributed by atoms with Crippen LogP contribution < -0.4 is 5.32 Å². The average molecular weight is 296 g/mol. The van der Waals surface area contributed by atoms with Gasteiger partial charge in [-0.25, -0.2) is 0 Å². The molecular formula is C16H28N2OS. The predicted octanol–water partition coefficient (Wildman–Crippen LogP) is 3.49. The number of carbonyl (C=O) groups is 1. The molecule has 0 bridgehead atoms. The highest BCUT2D eigenvalue weighted by molar-refractivity contribution is 8.02. The van der Waals surface area contributed by atoms with Crippen LogP contribution in [0.3, 0.4) is 0 Å². The van der Waals surface area contributed by atoms with E-state index in [1.165, 1.54) is 57.8 Å². The fourth-order valence-corrected chi connectivity index (χ4v) is 5.73. The van der Waals surface area contributed by atoms with E-state index in [1.807, 2.05) is 23.7 Å². The smallest absolute Gasteiger partial charge is 0.240 e. The van der Waals surface area contributed by atoms with E-state index in [1.54, 1.807) is 0 Å². The van der Waals surface area contributed by atoms with Crippen LogP contribution in [0.15, 0.2) is 0 Å². The second kappa shape index (κ2) is 6.27. The van der Waals surface area contributed by atoms with Crippen LogP contribution in [0.4, 0.5) is 0 Å². The van der Waals surface area contributed by atoms with E-state index in [9.17, 15) is 4.79 Å². The number of carbonyl (C=O) groups excluding carboxylic acids is 1. The zero-order valence-electron chi connectivity index (χ0n) is 12.7. The highest BCUT2D eigenvalue weighted by atomic mass is 32.2. The van der Waals surface area contributed by atoms with Crippen LogP contribution in [0.25, 0.3) is 0 Å². The predicted molar refractivity (Wildman–Crippen MR) is 84.6 cm³/mol. The number of amides is 1. The van der Waals surface area contributed by atoms with E-state index >= 15 is 0 Å². The first-order chi connectivity index (χ1) is 9.71. The third-order valence-electron chi connectivity index (χ3n) is 5.29. The lowest BCUT2D eigenvalue weighted by molar-refractivity contribution is -0.132. The minimum Gasteiger partial charge on any atom is -0.320 e. The van der Waals surface area contributed by atoms with E-state index in [-0.39, 0.29) is 10.2 Å². The molecule has 1 amide bonds. The van der Waals surface area contributed by atoms with Gasteiger partial charge in [-0.2, -0.15) is 0 Å². The summed E-state index contributed by atoms with van der Waals surface area (Å²) in [6.07, 6.45) is 14.0. The quantitative estimate of drug-likeness (QED) is 0.792. The van der Waals surface area contributed by atoms with Gasteiger partial charge in [-0.3, -0.25) is 10.1 Å². The third-order valence-corrected chi connectivity index (χ3v) is 7.00. The fraction of sp³-hybridized carbons (Fsp3) is 0.938. The van der Waals surface area contributed by atoms with Crippen molar-refractivity contribution in [2.75, 3.05) is 7.05 Å². The van der Waals surface area contributed by atoms with E-state index < -0.39 is 0 Å². The maximum atomic E-state index is 12.7. The molecule has 2 aliphatic carbocycles. The molecule has 3 fully saturated rings. The van der Waals surface area contributed by atoms with Crippen molar-refractivity contribution in [1.82, 2.24) is 10.2 Å². The second-order valence-corrected chi connectivity index (χ2v) is 8.26. The summed E-state index contributed by atoms with van der Waals surface area (Å²) in [4.78, 5) is 14.7. The molecule has 1 heterocycles. The molecule has 1 aliphatic heterocycles. The van der Waals surface area contributed by atoms with Crippen molar-refractivity contribution < 1.29 is 4.79 Å². The Balaban J connectivity index is 1.63. The lowest BCUT2D eigenvalue weighted by Gasteiger charge is -2.29. The van der Waals surface area contributed by atoms with Gasteiger partial charge in [-0.05, 0) is 25.7 Å². The zero-order valence-corrected chi connectivity index (χ0v) is 13.5. The van der Waals surface area contributed by atoms with E-state index in [0.29, 0.717) is 11.9 Å². The lowest BCUT2D eigenvalue weighted by Crippen LogP contribution is -2.45. The Morgan fingerprint density at radius 1 is 1.05 bits per heavy atom. The number of hydrogen-bond acceptors (Lipinski definition) is 3. The maximum absolute atomic E-state index is 12.7. The molecule has 20 heavy (non-hydrogen) atoms. The Morgan fingerprint density at radius 3 is 2.30 bits per heavy atom. The number of thioether (sulfide) groups is 1. The van der Waals surface area contributed by atoms with Crippen LogP contribution in [0.1, 0.15) is 70.6 Å². The molecule has 114 valence electrons. The Bertz CT molecular complexity index is 346. The van der Waals surface area contributed by atoms with Gasteiger partial charge in [0.2, 0.25) is 5.91 Å². The first-order valence-electron chi connectivity index (χ1n) is 8.42. The van der Waals surface area contributed by atoms with Crippen LogP contribution in [-0.4, -0.2) is 34.1 Å². The SMILES string of the molecule is CN1C(=O)C2(CCCCC2)SC1NC1CCCCCC1. The van der Waals surface area contributed by atoms with Crippen molar-refractivity contribution in [2.24, 2.45) is 0 Å². The van der Waals surface area contributed by atoms with Gasteiger partial charge in [-0.1, -0.05) is 44.9 Å². The maximum Gasteiger partial charge on any atom is 0.240 e. The highest BCUT2D eigenvalue weighted by Gasteiger charge is 2.51. The number of rotatable bonds is 2. The summed E-state index contributed by atoms with van der Waals surface area (Å²) in [5, 5.41) is 3.78. The van der Waals surface area contributed by atoms with Gasteiger partial charge in [0.15, 0.2) is 0 Å². The largest absolute Gasteiger partial charge is 0.320 e. The van der Waals surface area contributed by atoms with E-state index in [4.69, 9.17) is 0 Å². The minimum absolute atomic E-state index is 0.0879. The zero-order chi connectivity index (χ0) is 14.0. The normalized spacial score (nSPS) is 31.8. The summed E-state index contributed by atoms with van der Waals surface area (Å²) in [6, 6.07) is 0.615. The molecule has 0 aromatic heterocycles. The molecule has 2 saturated carbocycles. The molecular weight excluding hydrogens is 268 g/mol. The Morgan fingerprint density at radius 2 is 1.65 bits per heavy atom. The molecule has 1 saturated heterocycles. The van der Waals surface area contributed by atoms with Crippen LogP contribution in [0, 0.1) is 0 Å². The Labute approximate surface area is 127 Å². The Hall–Kier alpha value is -0.220. The summed E-state index contributed by atoms with van der Waals surface area (Å²) in [6.45, 7) is 0. The van der Waals surface area contributed by atoms with Crippen molar-refractivity contribution in [3.63, 3.8) is 0 Å². The minimum atomic E-state index is -0.0879. The second-order valence-electron chi connectivity index (χ2n) is 6.80. The molecule has 1 N–H and O–H groups in total. The summed E-state index contributed by atoms with van der Waals surface area (Å²) in [5.74, 6) is 0.383. The molecule has 1 spiro atoms. The molecule has 0 aromatic rings. The molecule has 3 aliphatic rings. The van der Waals surface area contributed by atoms with Crippen LogP contribution >= 0.6 is 11.8 Å². The first-order valence-corrected chi connectivity index (χ1v) is 9.30. The molecule has 3 nitrogen and oxygen atoms in total. The van der Waals surface area contributed by atoms with Crippen LogP contribution in [0.5, 0.6) is 0 Å². The van der Waals surface area contributed by atoms with Crippen molar-refractivity contribution in [1.29, 1.82) is 0 Å². The molecule has 0 radical (unpaired) electrons. The molecule has 1 atom stereocenters. The average Bonchev–Trinajstić information content (AvgIpc) is 2.69. The van der Waals surface area contributed by atoms with Crippen LogP contribution in [-0.2, 0) is 4.79 Å².